The summed E-state index contributed by atoms with van der Waals surface area (Å²) in [7, 11) is 0. The van der Waals surface area contributed by atoms with Crippen LogP contribution < -0.4 is 10.6 Å². The van der Waals surface area contributed by atoms with Gasteiger partial charge in [-0.1, -0.05) is 33.1 Å². The van der Waals surface area contributed by atoms with E-state index >= 15 is 0 Å². The maximum atomic E-state index is 4.72. The minimum absolute atomic E-state index is 0.700. The van der Waals surface area contributed by atoms with E-state index in [2.05, 4.69) is 36.5 Å². The number of aromatic nitrogens is 2. The summed E-state index contributed by atoms with van der Waals surface area (Å²) in [6.45, 7) is 10.1. The molecule has 2 N–H and O–H groups in total. The van der Waals surface area contributed by atoms with Gasteiger partial charge in [-0.15, -0.1) is 0 Å². The highest BCUT2D eigenvalue weighted by Crippen LogP contribution is 2.12. The van der Waals surface area contributed by atoms with E-state index in [0.717, 1.165) is 32.1 Å². The Morgan fingerprint density at radius 2 is 2.14 bits per heavy atom. The van der Waals surface area contributed by atoms with Gasteiger partial charge in [0.05, 0.1) is 6.54 Å². The van der Waals surface area contributed by atoms with E-state index in [1.165, 1.54) is 25.7 Å². The second-order valence-electron chi connectivity index (χ2n) is 5.33. The van der Waals surface area contributed by atoms with Crippen LogP contribution in [0.3, 0.4) is 0 Å². The summed E-state index contributed by atoms with van der Waals surface area (Å²) < 4.78 is 1.92. The third-order valence-corrected chi connectivity index (χ3v) is 3.59. The van der Waals surface area contributed by atoms with Crippen molar-refractivity contribution in [3.63, 3.8) is 0 Å². The molecule has 0 aromatic carbocycles. The SMILES string of the molecule is CCCCC(CC)CN=C(NCC)NCCn1cccn1. The standard InChI is InChI=1S/C16H31N5/c1-4-7-9-15(5-2)14-19-16(17-6-3)18-11-13-21-12-8-10-20-21/h8,10,12,15H,4-7,9,11,13-14H2,1-3H3,(H2,17,18,19). The van der Waals surface area contributed by atoms with Crippen LogP contribution in [0.15, 0.2) is 23.5 Å². The van der Waals surface area contributed by atoms with Crippen molar-refractivity contribution in [1.29, 1.82) is 0 Å². The van der Waals surface area contributed by atoms with Crippen molar-refractivity contribution in [3.8, 4) is 0 Å². The van der Waals surface area contributed by atoms with E-state index in [0.29, 0.717) is 5.92 Å². The summed E-state index contributed by atoms with van der Waals surface area (Å²) in [6, 6.07) is 1.94. The van der Waals surface area contributed by atoms with E-state index in [4.69, 9.17) is 4.99 Å². The number of hydrogen-bond acceptors (Lipinski definition) is 2. The van der Waals surface area contributed by atoms with E-state index in [-0.39, 0.29) is 0 Å². The number of aliphatic imine (C=N–C) groups is 1. The molecule has 1 atom stereocenters. The average molecular weight is 293 g/mol. The molecule has 1 heterocycles. The molecular formula is C16H31N5. The lowest BCUT2D eigenvalue weighted by Gasteiger charge is -2.15. The topological polar surface area (TPSA) is 54.2 Å². The highest BCUT2D eigenvalue weighted by Gasteiger charge is 2.05. The number of nitrogens with zero attached hydrogens (tertiary/aromatic N) is 3. The molecule has 0 radical (unpaired) electrons. The van der Waals surface area contributed by atoms with Gasteiger partial charge in [0.1, 0.15) is 0 Å². The summed E-state index contributed by atoms with van der Waals surface area (Å²) >= 11 is 0. The van der Waals surface area contributed by atoms with Crippen molar-refractivity contribution in [2.75, 3.05) is 19.6 Å². The van der Waals surface area contributed by atoms with Gasteiger partial charge in [-0.05, 0) is 25.3 Å². The van der Waals surface area contributed by atoms with Gasteiger partial charge in [-0.25, -0.2) is 0 Å². The van der Waals surface area contributed by atoms with Crippen LogP contribution in [0, 0.1) is 5.92 Å². The zero-order chi connectivity index (χ0) is 15.3. The van der Waals surface area contributed by atoms with Gasteiger partial charge in [0.15, 0.2) is 5.96 Å². The third-order valence-electron chi connectivity index (χ3n) is 3.59. The predicted octanol–water partition coefficient (Wildman–Crippen LogP) is 2.65. The van der Waals surface area contributed by atoms with Gasteiger partial charge in [0, 0.05) is 32.0 Å². The van der Waals surface area contributed by atoms with Gasteiger partial charge in [0.25, 0.3) is 0 Å². The van der Waals surface area contributed by atoms with Crippen molar-refractivity contribution >= 4 is 5.96 Å². The largest absolute Gasteiger partial charge is 0.357 e. The van der Waals surface area contributed by atoms with Gasteiger partial charge in [0.2, 0.25) is 0 Å². The number of unbranched alkanes of at least 4 members (excludes halogenated alkanes) is 1. The number of hydrogen-bond donors (Lipinski definition) is 2. The van der Waals surface area contributed by atoms with Crippen molar-refractivity contribution in [2.45, 2.75) is 53.0 Å². The monoisotopic (exact) mass is 293 g/mol. The Bertz CT molecular complexity index is 372. The Morgan fingerprint density at radius 3 is 2.76 bits per heavy atom. The summed E-state index contributed by atoms with van der Waals surface area (Å²) in [5, 5.41) is 10.9. The first-order valence-corrected chi connectivity index (χ1v) is 8.29. The van der Waals surface area contributed by atoms with Gasteiger partial charge < -0.3 is 10.6 Å². The van der Waals surface area contributed by atoms with Crippen molar-refractivity contribution in [3.05, 3.63) is 18.5 Å². The van der Waals surface area contributed by atoms with E-state index < -0.39 is 0 Å². The maximum absolute atomic E-state index is 4.72. The fourth-order valence-corrected chi connectivity index (χ4v) is 2.20. The third kappa shape index (κ3) is 7.73. The molecule has 0 saturated carbocycles. The van der Waals surface area contributed by atoms with Crippen LogP contribution in [-0.4, -0.2) is 35.4 Å². The first-order valence-electron chi connectivity index (χ1n) is 8.29. The number of guanidine groups is 1. The van der Waals surface area contributed by atoms with Crippen LogP contribution in [0.5, 0.6) is 0 Å². The minimum Gasteiger partial charge on any atom is -0.357 e. The van der Waals surface area contributed by atoms with Gasteiger partial charge in [-0.3, -0.25) is 9.67 Å². The smallest absolute Gasteiger partial charge is 0.191 e. The fourth-order valence-electron chi connectivity index (χ4n) is 2.20. The molecule has 120 valence electrons. The average Bonchev–Trinajstić information content (AvgIpc) is 3.00. The Labute approximate surface area is 129 Å². The molecule has 5 heteroatoms. The molecule has 0 spiro atoms. The summed E-state index contributed by atoms with van der Waals surface area (Å²) in [6.07, 6.45) is 8.83. The fraction of sp³-hybridized carbons (Fsp3) is 0.750. The van der Waals surface area contributed by atoms with Crippen molar-refractivity contribution in [2.24, 2.45) is 10.9 Å². The van der Waals surface area contributed by atoms with E-state index in [1.54, 1.807) is 6.20 Å². The van der Waals surface area contributed by atoms with E-state index in [9.17, 15) is 0 Å². The molecule has 1 aromatic rings. The highest BCUT2D eigenvalue weighted by molar-refractivity contribution is 5.79. The Morgan fingerprint density at radius 1 is 1.29 bits per heavy atom. The summed E-state index contributed by atoms with van der Waals surface area (Å²) in [5.41, 5.74) is 0. The highest BCUT2D eigenvalue weighted by atomic mass is 15.3. The molecule has 0 aliphatic carbocycles. The molecule has 21 heavy (non-hydrogen) atoms. The van der Waals surface area contributed by atoms with Crippen LogP contribution in [0.2, 0.25) is 0 Å². The lowest BCUT2D eigenvalue weighted by atomic mass is 10.00. The minimum atomic E-state index is 0.700. The van der Waals surface area contributed by atoms with E-state index in [1.807, 2.05) is 16.9 Å². The Kier molecular flexibility index (Phi) is 9.33. The Hall–Kier alpha value is -1.52. The Balaban J connectivity index is 2.37. The molecule has 0 aliphatic heterocycles. The predicted molar refractivity (Wildman–Crippen MR) is 89.5 cm³/mol. The van der Waals surface area contributed by atoms with Crippen LogP contribution in [0.4, 0.5) is 0 Å². The van der Waals surface area contributed by atoms with Gasteiger partial charge >= 0.3 is 0 Å². The molecule has 0 bridgehead atoms. The molecule has 0 aliphatic rings. The second-order valence-corrected chi connectivity index (χ2v) is 5.33. The molecule has 0 saturated heterocycles. The number of rotatable bonds is 10. The first kappa shape index (κ1) is 17.5. The first-order chi connectivity index (χ1) is 10.3. The normalized spacial score (nSPS) is 13.2. The van der Waals surface area contributed by atoms with Crippen LogP contribution in [0.25, 0.3) is 0 Å². The van der Waals surface area contributed by atoms with Crippen LogP contribution in [-0.2, 0) is 6.54 Å². The number of nitrogens with one attached hydrogen (secondary N) is 2. The second kappa shape index (κ2) is 11.2. The van der Waals surface area contributed by atoms with Crippen LogP contribution in [0.1, 0.15) is 46.5 Å². The molecule has 1 aromatic heterocycles. The lowest BCUT2D eigenvalue weighted by Crippen LogP contribution is -2.39. The molecule has 5 nitrogen and oxygen atoms in total. The zero-order valence-electron chi connectivity index (χ0n) is 13.8. The molecule has 0 amide bonds. The summed E-state index contributed by atoms with van der Waals surface area (Å²) in [5.74, 6) is 1.62. The zero-order valence-corrected chi connectivity index (χ0v) is 13.8. The van der Waals surface area contributed by atoms with Gasteiger partial charge in [-0.2, -0.15) is 5.10 Å². The maximum Gasteiger partial charge on any atom is 0.191 e. The van der Waals surface area contributed by atoms with Crippen molar-refractivity contribution < 1.29 is 0 Å². The quantitative estimate of drug-likeness (QED) is 0.515. The molecular weight excluding hydrogens is 262 g/mol. The molecule has 0 fully saturated rings. The molecule has 1 rings (SSSR count). The van der Waals surface area contributed by atoms with Crippen LogP contribution >= 0.6 is 0 Å². The summed E-state index contributed by atoms with van der Waals surface area (Å²) in [4.78, 5) is 4.72. The van der Waals surface area contributed by atoms with Crippen molar-refractivity contribution in [1.82, 2.24) is 20.4 Å². The molecule has 1 unspecified atom stereocenters. The lowest BCUT2D eigenvalue weighted by molar-refractivity contribution is 0.461.